The molecule has 3 aliphatic rings. The van der Waals surface area contributed by atoms with Crippen molar-refractivity contribution in [1.82, 2.24) is 4.90 Å². The Morgan fingerprint density at radius 1 is 1.05 bits per heavy atom. The van der Waals surface area contributed by atoms with Gasteiger partial charge in [0.25, 0.3) is 0 Å². The molecule has 112 valence electrons. The minimum Gasteiger partial charge on any atom is -0.392 e. The van der Waals surface area contributed by atoms with Gasteiger partial charge in [0, 0.05) is 13.1 Å². The van der Waals surface area contributed by atoms with Gasteiger partial charge >= 0.3 is 0 Å². The van der Waals surface area contributed by atoms with Gasteiger partial charge in [0.1, 0.15) is 0 Å². The summed E-state index contributed by atoms with van der Waals surface area (Å²) in [5.41, 5.74) is 5.45. The number of carbonyl (C=O) groups is 1. The fraction of sp³-hybridized carbons (Fsp3) is 0.875. The van der Waals surface area contributed by atoms with E-state index >= 15 is 0 Å². The molecule has 0 aromatic carbocycles. The van der Waals surface area contributed by atoms with Gasteiger partial charge in [0.2, 0.25) is 5.91 Å². The average molecular weight is 294 g/mol. The van der Waals surface area contributed by atoms with Crippen molar-refractivity contribution in [3.8, 4) is 0 Å². The fourth-order valence-electron chi connectivity index (χ4n) is 4.63. The standard InChI is InChI=1S/C16H26N2OS/c17-14(20)16(8-3-4-9-16)15(19)18-10-7-12-5-1-2-6-13(12)11-18/h12-13H,1-11H2,(H2,17,20). The van der Waals surface area contributed by atoms with Gasteiger partial charge in [-0.25, -0.2) is 0 Å². The van der Waals surface area contributed by atoms with Gasteiger partial charge in [-0.3, -0.25) is 4.79 Å². The highest BCUT2D eigenvalue weighted by Crippen LogP contribution is 2.42. The lowest BCUT2D eigenvalue weighted by atomic mass is 9.74. The molecule has 4 heteroatoms. The average Bonchev–Trinajstić information content (AvgIpc) is 2.97. The predicted molar refractivity (Wildman–Crippen MR) is 84.3 cm³/mol. The normalized spacial score (nSPS) is 32.7. The summed E-state index contributed by atoms with van der Waals surface area (Å²) in [6.07, 6.45) is 10.5. The summed E-state index contributed by atoms with van der Waals surface area (Å²) < 4.78 is 0. The topological polar surface area (TPSA) is 46.3 Å². The first kappa shape index (κ1) is 14.3. The van der Waals surface area contributed by atoms with Gasteiger partial charge in [-0.2, -0.15) is 0 Å². The zero-order valence-corrected chi connectivity index (χ0v) is 13.1. The largest absolute Gasteiger partial charge is 0.392 e. The van der Waals surface area contributed by atoms with Gasteiger partial charge < -0.3 is 10.6 Å². The van der Waals surface area contributed by atoms with Crippen LogP contribution < -0.4 is 5.73 Å². The van der Waals surface area contributed by atoms with Crippen LogP contribution in [0.2, 0.25) is 0 Å². The van der Waals surface area contributed by atoms with E-state index in [1.807, 2.05) is 0 Å². The first-order valence-electron chi connectivity index (χ1n) is 8.23. The van der Waals surface area contributed by atoms with Crippen LogP contribution in [-0.4, -0.2) is 28.9 Å². The summed E-state index contributed by atoms with van der Waals surface area (Å²) >= 11 is 5.26. The predicted octanol–water partition coefficient (Wildman–Crippen LogP) is 2.87. The summed E-state index contributed by atoms with van der Waals surface area (Å²) in [4.78, 5) is 15.5. The van der Waals surface area contributed by atoms with Crippen LogP contribution >= 0.6 is 12.2 Å². The van der Waals surface area contributed by atoms with Gasteiger partial charge in [0.15, 0.2) is 0 Å². The maximum atomic E-state index is 13.0. The van der Waals surface area contributed by atoms with Gasteiger partial charge in [-0.15, -0.1) is 0 Å². The lowest BCUT2D eigenvalue weighted by molar-refractivity contribution is -0.141. The number of carbonyl (C=O) groups excluding carboxylic acids is 1. The van der Waals surface area contributed by atoms with Crippen LogP contribution in [0.15, 0.2) is 0 Å². The molecule has 2 N–H and O–H groups in total. The van der Waals surface area contributed by atoms with E-state index in [0.29, 0.717) is 4.99 Å². The summed E-state index contributed by atoms with van der Waals surface area (Å²) in [6, 6.07) is 0. The molecule has 2 aliphatic carbocycles. The molecule has 2 unspecified atom stereocenters. The highest BCUT2D eigenvalue weighted by atomic mass is 32.1. The van der Waals surface area contributed by atoms with E-state index in [0.717, 1.165) is 50.6 Å². The Kier molecular flexibility index (Phi) is 4.02. The number of fused-ring (bicyclic) bond motifs is 1. The summed E-state index contributed by atoms with van der Waals surface area (Å²) in [5, 5.41) is 0. The molecule has 1 heterocycles. The summed E-state index contributed by atoms with van der Waals surface area (Å²) in [6.45, 7) is 1.87. The number of likely N-dealkylation sites (tertiary alicyclic amines) is 1. The Bertz CT molecular complexity index is 403. The van der Waals surface area contributed by atoms with Crippen molar-refractivity contribution < 1.29 is 4.79 Å². The second kappa shape index (κ2) is 5.63. The SMILES string of the molecule is NC(=S)C1(C(=O)N2CCC3CCCCC3C2)CCCC1. The molecular formula is C16H26N2OS. The Labute approximate surface area is 127 Å². The second-order valence-corrected chi connectivity index (χ2v) is 7.44. The molecule has 3 nitrogen and oxygen atoms in total. The van der Waals surface area contributed by atoms with Crippen molar-refractivity contribution in [3.63, 3.8) is 0 Å². The second-order valence-electron chi connectivity index (χ2n) is 7.00. The minimum absolute atomic E-state index is 0.242. The number of hydrogen-bond acceptors (Lipinski definition) is 2. The van der Waals surface area contributed by atoms with Crippen LogP contribution in [-0.2, 0) is 4.79 Å². The zero-order chi connectivity index (χ0) is 14.2. The maximum absolute atomic E-state index is 13.0. The van der Waals surface area contributed by atoms with E-state index < -0.39 is 5.41 Å². The number of piperidine rings is 1. The van der Waals surface area contributed by atoms with Crippen molar-refractivity contribution in [2.24, 2.45) is 23.0 Å². The third-order valence-corrected chi connectivity index (χ3v) is 6.31. The Balaban J connectivity index is 1.72. The lowest BCUT2D eigenvalue weighted by Crippen LogP contribution is -2.53. The van der Waals surface area contributed by atoms with Crippen LogP contribution in [0.25, 0.3) is 0 Å². The summed E-state index contributed by atoms with van der Waals surface area (Å²) in [7, 11) is 0. The third kappa shape index (κ3) is 2.36. The molecule has 0 spiro atoms. The van der Waals surface area contributed by atoms with E-state index in [9.17, 15) is 4.79 Å². The highest BCUT2D eigenvalue weighted by molar-refractivity contribution is 7.80. The van der Waals surface area contributed by atoms with Crippen LogP contribution in [0.1, 0.15) is 57.8 Å². The van der Waals surface area contributed by atoms with Crippen molar-refractivity contribution in [2.45, 2.75) is 57.8 Å². The maximum Gasteiger partial charge on any atom is 0.235 e. The van der Waals surface area contributed by atoms with Crippen LogP contribution in [0.3, 0.4) is 0 Å². The van der Waals surface area contributed by atoms with Crippen LogP contribution in [0, 0.1) is 17.3 Å². The number of amides is 1. The number of hydrogen-bond donors (Lipinski definition) is 1. The Hall–Kier alpha value is -0.640. The Morgan fingerprint density at radius 2 is 1.70 bits per heavy atom. The molecule has 2 atom stereocenters. The monoisotopic (exact) mass is 294 g/mol. The van der Waals surface area contributed by atoms with Crippen molar-refractivity contribution >= 4 is 23.1 Å². The molecule has 20 heavy (non-hydrogen) atoms. The zero-order valence-electron chi connectivity index (χ0n) is 12.3. The van der Waals surface area contributed by atoms with Gasteiger partial charge in [-0.1, -0.05) is 44.3 Å². The van der Waals surface area contributed by atoms with E-state index in [4.69, 9.17) is 18.0 Å². The smallest absolute Gasteiger partial charge is 0.235 e. The van der Waals surface area contributed by atoms with Gasteiger partial charge in [-0.05, 0) is 37.5 Å². The van der Waals surface area contributed by atoms with Crippen molar-refractivity contribution in [1.29, 1.82) is 0 Å². The van der Waals surface area contributed by atoms with Gasteiger partial charge in [0.05, 0.1) is 10.4 Å². The van der Waals surface area contributed by atoms with Crippen LogP contribution in [0.5, 0.6) is 0 Å². The number of nitrogens with zero attached hydrogens (tertiary/aromatic N) is 1. The first-order chi connectivity index (χ1) is 9.63. The molecule has 0 radical (unpaired) electrons. The fourth-order valence-corrected chi connectivity index (χ4v) is 4.92. The molecule has 0 bridgehead atoms. The molecule has 3 rings (SSSR count). The number of thiocarbonyl (C=S) groups is 1. The van der Waals surface area contributed by atoms with Crippen LogP contribution in [0.4, 0.5) is 0 Å². The van der Waals surface area contributed by atoms with E-state index in [2.05, 4.69) is 4.90 Å². The van der Waals surface area contributed by atoms with Crippen molar-refractivity contribution in [2.75, 3.05) is 13.1 Å². The molecule has 2 saturated carbocycles. The molecule has 1 amide bonds. The molecule has 1 saturated heterocycles. The molecule has 0 aromatic heterocycles. The quantitative estimate of drug-likeness (QED) is 0.797. The Morgan fingerprint density at radius 3 is 2.35 bits per heavy atom. The first-order valence-corrected chi connectivity index (χ1v) is 8.63. The lowest BCUT2D eigenvalue weighted by Gasteiger charge is -2.44. The summed E-state index contributed by atoms with van der Waals surface area (Å²) in [5.74, 6) is 1.83. The van der Waals surface area contributed by atoms with Crippen molar-refractivity contribution in [3.05, 3.63) is 0 Å². The number of nitrogens with two attached hydrogens (primary N) is 1. The highest BCUT2D eigenvalue weighted by Gasteiger charge is 2.47. The van der Waals surface area contributed by atoms with E-state index in [1.165, 1.54) is 32.1 Å². The van der Waals surface area contributed by atoms with E-state index in [1.54, 1.807) is 0 Å². The molecule has 1 aliphatic heterocycles. The van der Waals surface area contributed by atoms with E-state index in [-0.39, 0.29) is 5.91 Å². The molecule has 0 aromatic rings. The molecular weight excluding hydrogens is 268 g/mol. The third-order valence-electron chi connectivity index (χ3n) is 5.92. The number of rotatable bonds is 2. The minimum atomic E-state index is -0.503. The molecule has 3 fully saturated rings.